The Kier molecular flexibility index (Phi) is 5.35. The van der Waals surface area contributed by atoms with Crippen LogP contribution in [0.15, 0.2) is 46.1 Å². The lowest BCUT2D eigenvalue weighted by Crippen LogP contribution is -2.40. The van der Waals surface area contributed by atoms with Gasteiger partial charge in [0.15, 0.2) is 0 Å². The van der Waals surface area contributed by atoms with Crippen LogP contribution in [0.1, 0.15) is 42.4 Å². The molecule has 4 aromatic rings. The molecule has 5 rings (SSSR count). The number of aryl methyl sites for hydroxylation is 2. The number of pyridine rings is 1. The van der Waals surface area contributed by atoms with E-state index in [4.69, 9.17) is 0 Å². The molecule has 0 aliphatic heterocycles. The number of sulfonamides is 1. The summed E-state index contributed by atoms with van der Waals surface area (Å²) in [6.45, 7) is 3.78. The number of aromatic amines is 1. The smallest absolute Gasteiger partial charge is 0.252 e. The van der Waals surface area contributed by atoms with Crippen LogP contribution in [-0.2, 0) is 16.6 Å². The zero-order valence-corrected chi connectivity index (χ0v) is 19.6. The van der Waals surface area contributed by atoms with E-state index in [0.29, 0.717) is 22.2 Å². The van der Waals surface area contributed by atoms with E-state index in [1.54, 1.807) is 19.1 Å². The fourth-order valence-electron chi connectivity index (χ4n) is 4.62. The average molecular weight is 469 g/mol. The molecule has 0 amide bonds. The normalized spacial score (nSPS) is 15.3. The lowest BCUT2D eigenvalue weighted by Gasteiger charge is -2.28. The van der Waals surface area contributed by atoms with Crippen LogP contribution in [0, 0.1) is 13.8 Å². The minimum atomic E-state index is -3.90. The number of aromatic nitrogens is 3. The maximum absolute atomic E-state index is 14.0. The van der Waals surface area contributed by atoms with E-state index in [9.17, 15) is 13.2 Å². The first-order valence-electron chi connectivity index (χ1n) is 10.7. The van der Waals surface area contributed by atoms with Crippen LogP contribution in [0.2, 0.25) is 0 Å². The number of hydrogen-bond acceptors (Lipinski definition) is 6. The summed E-state index contributed by atoms with van der Waals surface area (Å²) >= 11 is 1.01. The molecular formula is C23H24N4O3S2. The van der Waals surface area contributed by atoms with Crippen molar-refractivity contribution in [1.29, 1.82) is 0 Å². The number of H-pyrrole nitrogens is 1. The van der Waals surface area contributed by atoms with Crippen molar-refractivity contribution >= 4 is 43.7 Å². The first-order valence-corrected chi connectivity index (χ1v) is 12.9. The lowest BCUT2D eigenvalue weighted by atomic mass is 10.1. The summed E-state index contributed by atoms with van der Waals surface area (Å²) in [5.41, 5.74) is 3.60. The molecule has 0 radical (unpaired) electrons. The number of nitrogens with one attached hydrogen (secondary N) is 1. The number of nitrogens with zero attached hydrogens (tertiary/aromatic N) is 3. The molecule has 0 bridgehead atoms. The van der Waals surface area contributed by atoms with Crippen molar-refractivity contribution in [1.82, 2.24) is 18.0 Å². The third-order valence-electron chi connectivity index (χ3n) is 6.28. The van der Waals surface area contributed by atoms with Crippen molar-refractivity contribution in [2.75, 3.05) is 0 Å². The Labute approximate surface area is 190 Å². The van der Waals surface area contributed by atoms with E-state index < -0.39 is 10.0 Å². The van der Waals surface area contributed by atoms with Gasteiger partial charge in [-0.15, -0.1) is 0 Å². The van der Waals surface area contributed by atoms with Crippen molar-refractivity contribution < 1.29 is 8.42 Å². The van der Waals surface area contributed by atoms with Gasteiger partial charge in [-0.2, -0.15) is 13.1 Å². The van der Waals surface area contributed by atoms with Gasteiger partial charge in [0.05, 0.1) is 11.7 Å². The summed E-state index contributed by atoms with van der Waals surface area (Å²) in [5, 5.41) is 0.885. The molecule has 2 aromatic heterocycles. The molecule has 1 saturated carbocycles. The Bertz CT molecular complexity index is 1480. The molecule has 0 unspecified atom stereocenters. The van der Waals surface area contributed by atoms with Crippen molar-refractivity contribution in [2.45, 2.75) is 57.0 Å². The summed E-state index contributed by atoms with van der Waals surface area (Å²) in [6.07, 6.45) is 3.53. The van der Waals surface area contributed by atoms with E-state index in [2.05, 4.69) is 13.7 Å². The third-order valence-corrected chi connectivity index (χ3v) is 8.90. The average Bonchev–Trinajstić information content (AvgIpc) is 3.43. The minimum Gasteiger partial charge on any atom is -0.322 e. The lowest BCUT2D eigenvalue weighted by molar-refractivity contribution is 0.315. The number of rotatable bonds is 5. The highest BCUT2D eigenvalue weighted by Gasteiger charge is 2.36. The van der Waals surface area contributed by atoms with Crippen LogP contribution in [0.4, 0.5) is 0 Å². The summed E-state index contributed by atoms with van der Waals surface area (Å²) < 4.78 is 38.1. The van der Waals surface area contributed by atoms with Gasteiger partial charge < -0.3 is 4.98 Å². The molecule has 7 nitrogen and oxygen atoms in total. The van der Waals surface area contributed by atoms with Crippen LogP contribution in [0.3, 0.4) is 0 Å². The van der Waals surface area contributed by atoms with Crippen LogP contribution in [0.25, 0.3) is 21.9 Å². The first kappa shape index (κ1) is 21.2. The zero-order chi connectivity index (χ0) is 22.5. The van der Waals surface area contributed by atoms with Gasteiger partial charge in [0.1, 0.15) is 15.9 Å². The highest BCUT2D eigenvalue weighted by molar-refractivity contribution is 7.89. The molecule has 0 spiro atoms. The van der Waals surface area contributed by atoms with Gasteiger partial charge in [-0.05, 0) is 61.4 Å². The highest BCUT2D eigenvalue weighted by atomic mass is 32.2. The fraction of sp³-hybridized carbons (Fsp3) is 0.348. The summed E-state index contributed by atoms with van der Waals surface area (Å²) in [6, 6.07) is 11.1. The van der Waals surface area contributed by atoms with Gasteiger partial charge in [0.2, 0.25) is 10.0 Å². The van der Waals surface area contributed by atoms with Gasteiger partial charge in [-0.3, -0.25) is 4.79 Å². The molecule has 0 saturated heterocycles. The monoisotopic (exact) mass is 468 g/mol. The van der Waals surface area contributed by atoms with E-state index in [0.717, 1.165) is 53.9 Å². The Morgan fingerprint density at radius 3 is 2.66 bits per heavy atom. The third kappa shape index (κ3) is 3.64. The quantitative estimate of drug-likeness (QED) is 0.472. The largest absolute Gasteiger partial charge is 0.322 e. The summed E-state index contributed by atoms with van der Waals surface area (Å²) in [7, 11) is -3.90. The SMILES string of the molecule is Cc1ccc2cc(CN(C3CCCC3)S(=O)(=O)c3c(C)ccc4nsnc34)c(=O)[nH]c2c1. The molecule has 0 atom stereocenters. The molecule has 32 heavy (non-hydrogen) atoms. The van der Waals surface area contributed by atoms with Gasteiger partial charge in [-0.25, -0.2) is 8.42 Å². The molecule has 9 heteroatoms. The molecule has 1 aliphatic carbocycles. The molecule has 2 aromatic carbocycles. The van der Waals surface area contributed by atoms with Crippen molar-refractivity contribution in [3.05, 3.63) is 63.4 Å². The Balaban J connectivity index is 1.64. The maximum Gasteiger partial charge on any atom is 0.252 e. The van der Waals surface area contributed by atoms with Gasteiger partial charge in [0, 0.05) is 23.7 Å². The van der Waals surface area contributed by atoms with E-state index in [-0.39, 0.29) is 23.0 Å². The Hall–Kier alpha value is -2.62. The second kappa shape index (κ2) is 8.06. The first-order chi connectivity index (χ1) is 15.3. The predicted octanol–water partition coefficient (Wildman–Crippen LogP) is 4.28. The van der Waals surface area contributed by atoms with Crippen molar-refractivity contribution in [3.8, 4) is 0 Å². The zero-order valence-electron chi connectivity index (χ0n) is 18.0. The van der Waals surface area contributed by atoms with E-state index in [1.165, 1.54) is 4.31 Å². The van der Waals surface area contributed by atoms with Gasteiger partial charge in [0.25, 0.3) is 5.56 Å². The van der Waals surface area contributed by atoms with Crippen molar-refractivity contribution in [3.63, 3.8) is 0 Å². The fourth-order valence-corrected chi connectivity index (χ4v) is 7.24. The molecule has 166 valence electrons. The van der Waals surface area contributed by atoms with Crippen LogP contribution >= 0.6 is 11.7 Å². The van der Waals surface area contributed by atoms with Crippen molar-refractivity contribution in [2.24, 2.45) is 0 Å². The van der Waals surface area contributed by atoms with Gasteiger partial charge >= 0.3 is 0 Å². The number of fused-ring (bicyclic) bond motifs is 2. The molecule has 2 heterocycles. The van der Waals surface area contributed by atoms with E-state index >= 15 is 0 Å². The predicted molar refractivity (Wildman–Crippen MR) is 126 cm³/mol. The second-order valence-electron chi connectivity index (χ2n) is 8.55. The number of hydrogen-bond donors (Lipinski definition) is 1. The van der Waals surface area contributed by atoms with Crippen LogP contribution in [-0.4, -0.2) is 32.5 Å². The topological polar surface area (TPSA) is 96.0 Å². The Morgan fingerprint density at radius 1 is 1.09 bits per heavy atom. The summed E-state index contributed by atoms with van der Waals surface area (Å²) in [4.78, 5) is 16.0. The minimum absolute atomic E-state index is 0.0273. The standard InChI is InChI=1S/C23H24N4O3S2/c1-14-7-9-16-12-17(23(28)24-20(16)11-14)13-27(18-5-3-4-6-18)32(29,30)22-15(2)8-10-19-21(22)26-31-25-19/h7-12,18H,3-6,13H2,1-2H3,(H,24,28). The molecule has 1 N–H and O–H groups in total. The highest BCUT2D eigenvalue weighted by Crippen LogP contribution is 2.34. The second-order valence-corrected chi connectivity index (χ2v) is 10.9. The van der Waals surface area contributed by atoms with Crippen LogP contribution in [0.5, 0.6) is 0 Å². The van der Waals surface area contributed by atoms with E-state index in [1.807, 2.05) is 31.2 Å². The Morgan fingerprint density at radius 2 is 1.88 bits per heavy atom. The van der Waals surface area contributed by atoms with Gasteiger partial charge in [-0.1, -0.05) is 31.0 Å². The summed E-state index contributed by atoms with van der Waals surface area (Å²) in [5.74, 6) is 0. The molecule has 1 fully saturated rings. The molecular weight excluding hydrogens is 444 g/mol. The molecule has 1 aliphatic rings. The van der Waals surface area contributed by atoms with Crippen LogP contribution < -0.4 is 5.56 Å². The number of benzene rings is 2. The maximum atomic E-state index is 14.0.